The number of carbonyl (C=O) groups is 1. The van der Waals surface area contributed by atoms with Crippen molar-refractivity contribution in [2.24, 2.45) is 5.92 Å². The second kappa shape index (κ2) is 6.41. The van der Waals surface area contributed by atoms with Gasteiger partial charge in [-0.3, -0.25) is 4.79 Å². The van der Waals surface area contributed by atoms with Crippen LogP contribution >= 0.6 is 0 Å². The molecule has 6 nitrogen and oxygen atoms in total. The maximum absolute atomic E-state index is 12.5. The Morgan fingerprint density at radius 3 is 2.50 bits per heavy atom. The summed E-state index contributed by atoms with van der Waals surface area (Å²) in [5.41, 5.74) is -0.888. The molecule has 1 fully saturated rings. The van der Waals surface area contributed by atoms with Crippen molar-refractivity contribution in [2.45, 2.75) is 51.7 Å². The van der Waals surface area contributed by atoms with Crippen LogP contribution in [0.25, 0.3) is 0 Å². The van der Waals surface area contributed by atoms with Crippen LogP contribution in [0, 0.1) is 5.92 Å². The zero-order valence-electron chi connectivity index (χ0n) is 12.7. The van der Waals surface area contributed by atoms with E-state index in [2.05, 4.69) is 4.72 Å². The van der Waals surface area contributed by atoms with Crippen LogP contribution in [-0.4, -0.2) is 55.3 Å². The monoisotopic (exact) mass is 306 g/mol. The van der Waals surface area contributed by atoms with Crippen LogP contribution < -0.4 is 4.72 Å². The second-order valence-electron chi connectivity index (χ2n) is 6.43. The van der Waals surface area contributed by atoms with Gasteiger partial charge in [0.05, 0.1) is 11.9 Å². The van der Waals surface area contributed by atoms with E-state index in [0.717, 1.165) is 12.7 Å². The molecule has 1 aliphatic rings. The molecule has 7 heteroatoms. The molecule has 1 aliphatic heterocycles. The van der Waals surface area contributed by atoms with Crippen molar-refractivity contribution in [2.75, 3.05) is 19.3 Å². The number of nitrogens with one attached hydrogen (secondary N) is 1. The molecule has 1 saturated heterocycles. The highest BCUT2D eigenvalue weighted by molar-refractivity contribution is 7.88. The van der Waals surface area contributed by atoms with E-state index in [1.165, 1.54) is 0 Å². The Balaban J connectivity index is 2.81. The number of rotatable bonds is 5. The summed E-state index contributed by atoms with van der Waals surface area (Å²) in [6.45, 7) is 6.40. The molecule has 0 aromatic carbocycles. The van der Waals surface area contributed by atoms with Gasteiger partial charge in [-0.25, -0.2) is 13.1 Å². The first-order chi connectivity index (χ1) is 9.00. The van der Waals surface area contributed by atoms with Crippen molar-refractivity contribution in [3.8, 4) is 0 Å². The van der Waals surface area contributed by atoms with Crippen molar-refractivity contribution in [3.05, 3.63) is 0 Å². The lowest BCUT2D eigenvalue weighted by molar-refractivity contribution is -0.139. The van der Waals surface area contributed by atoms with E-state index < -0.39 is 21.7 Å². The standard InChI is InChI=1S/C13H26N2O4S/c1-10(2)8-11(14-20(4,18)19)12(16)15-7-5-6-13(3,17)9-15/h10-11,14,17H,5-9H2,1-4H3. The summed E-state index contributed by atoms with van der Waals surface area (Å²) in [5, 5.41) is 10.1. The molecule has 1 heterocycles. The molecule has 1 rings (SSSR count). The Kier molecular flexibility index (Phi) is 5.57. The first-order valence-electron chi connectivity index (χ1n) is 6.99. The molecule has 0 spiro atoms. The largest absolute Gasteiger partial charge is 0.388 e. The quantitative estimate of drug-likeness (QED) is 0.766. The third kappa shape index (κ3) is 5.76. The van der Waals surface area contributed by atoms with Crippen LogP contribution in [0.1, 0.15) is 40.0 Å². The number of nitrogens with zero attached hydrogens (tertiary/aromatic N) is 1. The van der Waals surface area contributed by atoms with Crippen LogP contribution in [-0.2, 0) is 14.8 Å². The van der Waals surface area contributed by atoms with Crippen LogP contribution in [0.15, 0.2) is 0 Å². The van der Waals surface area contributed by atoms with Crippen molar-refractivity contribution in [3.63, 3.8) is 0 Å². The Hall–Kier alpha value is -0.660. The minimum atomic E-state index is -3.44. The van der Waals surface area contributed by atoms with Crippen molar-refractivity contribution in [1.82, 2.24) is 9.62 Å². The minimum absolute atomic E-state index is 0.198. The van der Waals surface area contributed by atoms with Gasteiger partial charge in [0.2, 0.25) is 15.9 Å². The molecule has 0 aromatic heterocycles. The van der Waals surface area contributed by atoms with E-state index in [0.29, 0.717) is 19.4 Å². The number of carbonyl (C=O) groups excluding carboxylic acids is 1. The van der Waals surface area contributed by atoms with E-state index in [1.807, 2.05) is 13.8 Å². The lowest BCUT2D eigenvalue weighted by Crippen LogP contribution is -2.55. The fourth-order valence-corrected chi connectivity index (χ4v) is 3.27. The molecule has 0 radical (unpaired) electrons. The summed E-state index contributed by atoms with van der Waals surface area (Å²) in [6, 6.07) is -0.751. The number of sulfonamides is 1. The van der Waals surface area contributed by atoms with Crippen LogP contribution in [0.2, 0.25) is 0 Å². The van der Waals surface area contributed by atoms with E-state index in [-0.39, 0.29) is 18.4 Å². The van der Waals surface area contributed by atoms with Crippen LogP contribution in [0.3, 0.4) is 0 Å². The smallest absolute Gasteiger partial charge is 0.240 e. The van der Waals surface area contributed by atoms with Gasteiger partial charge in [-0.2, -0.15) is 0 Å². The number of aliphatic hydroxyl groups is 1. The van der Waals surface area contributed by atoms with Crippen molar-refractivity contribution in [1.29, 1.82) is 0 Å². The molecule has 118 valence electrons. The normalized spacial score (nSPS) is 25.8. The Morgan fingerprint density at radius 1 is 1.45 bits per heavy atom. The van der Waals surface area contributed by atoms with Gasteiger partial charge in [0.25, 0.3) is 0 Å². The van der Waals surface area contributed by atoms with Crippen LogP contribution in [0.5, 0.6) is 0 Å². The van der Waals surface area contributed by atoms with Gasteiger partial charge < -0.3 is 10.0 Å². The molecule has 2 atom stereocenters. The van der Waals surface area contributed by atoms with Gasteiger partial charge in [-0.15, -0.1) is 0 Å². The number of amides is 1. The maximum Gasteiger partial charge on any atom is 0.240 e. The lowest BCUT2D eigenvalue weighted by Gasteiger charge is -2.38. The molecule has 0 saturated carbocycles. The molecule has 2 unspecified atom stereocenters. The maximum atomic E-state index is 12.5. The van der Waals surface area contributed by atoms with Gasteiger partial charge >= 0.3 is 0 Å². The summed E-state index contributed by atoms with van der Waals surface area (Å²) < 4.78 is 25.2. The van der Waals surface area contributed by atoms with E-state index in [1.54, 1.807) is 11.8 Å². The highest BCUT2D eigenvalue weighted by Gasteiger charge is 2.34. The fourth-order valence-electron chi connectivity index (χ4n) is 2.56. The van der Waals surface area contributed by atoms with Gasteiger partial charge in [-0.05, 0) is 32.1 Å². The summed E-state index contributed by atoms with van der Waals surface area (Å²) >= 11 is 0. The van der Waals surface area contributed by atoms with E-state index in [4.69, 9.17) is 0 Å². The molecule has 0 bridgehead atoms. The summed E-state index contributed by atoms with van der Waals surface area (Å²) in [4.78, 5) is 14.1. The summed E-state index contributed by atoms with van der Waals surface area (Å²) in [7, 11) is -3.44. The topological polar surface area (TPSA) is 86.7 Å². The van der Waals surface area contributed by atoms with Crippen molar-refractivity contribution < 1.29 is 18.3 Å². The third-order valence-corrected chi connectivity index (χ3v) is 4.06. The predicted octanol–water partition coefficient (Wildman–Crippen LogP) is 0.324. The Morgan fingerprint density at radius 2 is 2.05 bits per heavy atom. The first kappa shape index (κ1) is 17.4. The number of hydrogen-bond donors (Lipinski definition) is 2. The minimum Gasteiger partial charge on any atom is -0.388 e. The number of piperidine rings is 1. The zero-order chi connectivity index (χ0) is 15.6. The molecule has 2 N–H and O–H groups in total. The van der Waals surface area contributed by atoms with E-state index in [9.17, 15) is 18.3 Å². The van der Waals surface area contributed by atoms with Gasteiger partial charge in [-0.1, -0.05) is 13.8 Å². The van der Waals surface area contributed by atoms with Gasteiger partial charge in [0.1, 0.15) is 6.04 Å². The average Bonchev–Trinajstić information content (AvgIpc) is 2.23. The second-order valence-corrected chi connectivity index (χ2v) is 8.21. The molecule has 0 aliphatic carbocycles. The van der Waals surface area contributed by atoms with Crippen LogP contribution in [0.4, 0.5) is 0 Å². The molecular formula is C13H26N2O4S. The summed E-state index contributed by atoms with van der Waals surface area (Å²) in [6.07, 6.45) is 2.89. The highest BCUT2D eigenvalue weighted by atomic mass is 32.2. The SMILES string of the molecule is CC(C)CC(NS(C)(=O)=O)C(=O)N1CCCC(C)(O)C1. The lowest BCUT2D eigenvalue weighted by atomic mass is 9.94. The Bertz CT molecular complexity index is 445. The highest BCUT2D eigenvalue weighted by Crippen LogP contribution is 2.21. The predicted molar refractivity (Wildman–Crippen MR) is 77.7 cm³/mol. The van der Waals surface area contributed by atoms with Gasteiger partial charge in [0.15, 0.2) is 0 Å². The summed E-state index contributed by atoms with van der Waals surface area (Å²) in [5.74, 6) is -0.0485. The molecule has 20 heavy (non-hydrogen) atoms. The molecule has 0 aromatic rings. The Labute approximate surface area is 121 Å². The number of hydrogen-bond acceptors (Lipinski definition) is 4. The van der Waals surface area contributed by atoms with Crippen molar-refractivity contribution >= 4 is 15.9 Å². The van der Waals surface area contributed by atoms with E-state index >= 15 is 0 Å². The molecular weight excluding hydrogens is 280 g/mol. The first-order valence-corrected chi connectivity index (χ1v) is 8.88. The zero-order valence-corrected chi connectivity index (χ0v) is 13.5. The third-order valence-electron chi connectivity index (χ3n) is 3.35. The number of likely N-dealkylation sites (tertiary alicyclic amines) is 1. The van der Waals surface area contributed by atoms with Gasteiger partial charge in [0, 0.05) is 13.1 Å². The molecule has 1 amide bonds. The fraction of sp³-hybridized carbons (Fsp3) is 0.923. The average molecular weight is 306 g/mol. The number of β-amino-alcohol motifs (C(OH)–C–C–N with tert-alkyl or cyclic N) is 1.